The fraction of sp³-hybridized carbons (Fsp3) is 0.391. The highest BCUT2D eigenvalue weighted by atomic mass is 16.2. The Morgan fingerprint density at radius 3 is 2.48 bits per heavy atom. The van der Waals surface area contributed by atoms with E-state index >= 15 is 0 Å². The summed E-state index contributed by atoms with van der Waals surface area (Å²) in [4.78, 5) is 25.5. The molecule has 3 aromatic rings. The Morgan fingerprint density at radius 1 is 1.03 bits per heavy atom. The maximum absolute atomic E-state index is 12.2. The standard InChI is InChI=1S/C23H23N5O/c1-24-20-17-9-26-19(28-21(29)14-2-3-14)8-16(17)18(10-27-20)23-11-22(12-23,13-23)15-4-6-25-7-5-15/h4-10,14H,2-3,11-13H2,1H3,(H,24,27)(H,26,28,29). The van der Waals surface area contributed by atoms with Crippen LogP contribution in [0.2, 0.25) is 0 Å². The highest BCUT2D eigenvalue weighted by Gasteiger charge is 2.69. The van der Waals surface area contributed by atoms with Gasteiger partial charge in [0.1, 0.15) is 11.6 Å². The van der Waals surface area contributed by atoms with E-state index in [4.69, 9.17) is 0 Å². The predicted octanol–water partition coefficient (Wildman–Crippen LogP) is 3.79. The fourth-order valence-electron chi connectivity index (χ4n) is 5.48. The number of hydrogen-bond donors (Lipinski definition) is 2. The molecule has 0 spiro atoms. The Balaban J connectivity index is 1.37. The van der Waals surface area contributed by atoms with E-state index in [0.29, 0.717) is 11.2 Å². The van der Waals surface area contributed by atoms with Crippen molar-refractivity contribution in [3.05, 3.63) is 54.1 Å². The molecule has 4 saturated carbocycles. The van der Waals surface area contributed by atoms with Crippen LogP contribution >= 0.6 is 0 Å². The molecule has 2 bridgehead atoms. The summed E-state index contributed by atoms with van der Waals surface area (Å²) in [6.07, 6.45) is 13.0. The highest BCUT2D eigenvalue weighted by molar-refractivity contribution is 5.99. The zero-order valence-electron chi connectivity index (χ0n) is 16.4. The van der Waals surface area contributed by atoms with E-state index in [1.54, 1.807) is 0 Å². The summed E-state index contributed by atoms with van der Waals surface area (Å²) < 4.78 is 0. The average Bonchev–Trinajstić information content (AvgIpc) is 3.52. The van der Waals surface area contributed by atoms with Gasteiger partial charge in [-0.3, -0.25) is 9.78 Å². The Labute approximate surface area is 169 Å². The van der Waals surface area contributed by atoms with Crippen LogP contribution in [0.25, 0.3) is 10.8 Å². The summed E-state index contributed by atoms with van der Waals surface area (Å²) in [5, 5.41) is 8.33. The molecule has 0 unspecified atom stereocenters. The van der Waals surface area contributed by atoms with Crippen LogP contribution in [0, 0.1) is 5.92 Å². The first-order chi connectivity index (χ1) is 14.1. The van der Waals surface area contributed by atoms with Crippen molar-refractivity contribution in [1.29, 1.82) is 0 Å². The number of carbonyl (C=O) groups is 1. The Hall–Kier alpha value is -3.02. The molecular weight excluding hydrogens is 362 g/mol. The number of pyridine rings is 3. The zero-order chi connectivity index (χ0) is 19.6. The molecular formula is C23H23N5O. The minimum Gasteiger partial charge on any atom is -0.373 e. The third-order valence-electron chi connectivity index (χ3n) is 7.10. The van der Waals surface area contributed by atoms with Gasteiger partial charge < -0.3 is 10.6 Å². The smallest absolute Gasteiger partial charge is 0.228 e. The molecule has 0 aliphatic heterocycles. The SMILES string of the molecule is CNc1ncc(C23CC(c4ccncc4)(C2)C3)c2cc(NC(=O)C3CC3)ncc12. The number of carbonyl (C=O) groups excluding carboxylic acids is 1. The monoisotopic (exact) mass is 385 g/mol. The summed E-state index contributed by atoms with van der Waals surface area (Å²) in [6.45, 7) is 0. The van der Waals surface area contributed by atoms with Crippen LogP contribution in [0.4, 0.5) is 11.6 Å². The molecule has 29 heavy (non-hydrogen) atoms. The molecule has 1 amide bonds. The lowest BCUT2D eigenvalue weighted by Crippen LogP contribution is -2.67. The van der Waals surface area contributed by atoms with Gasteiger partial charge in [0, 0.05) is 43.1 Å². The van der Waals surface area contributed by atoms with Crippen LogP contribution < -0.4 is 10.6 Å². The van der Waals surface area contributed by atoms with E-state index in [1.165, 1.54) is 11.1 Å². The topological polar surface area (TPSA) is 79.8 Å². The summed E-state index contributed by atoms with van der Waals surface area (Å²) >= 11 is 0. The Morgan fingerprint density at radius 2 is 1.79 bits per heavy atom. The van der Waals surface area contributed by atoms with E-state index in [9.17, 15) is 4.79 Å². The second-order valence-electron chi connectivity index (χ2n) is 8.98. The second-order valence-corrected chi connectivity index (χ2v) is 8.98. The lowest BCUT2D eigenvalue weighted by Gasteiger charge is -2.71. The van der Waals surface area contributed by atoms with Crippen LogP contribution in [-0.2, 0) is 15.6 Å². The number of anilines is 2. The van der Waals surface area contributed by atoms with E-state index < -0.39 is 0 Å². The lowest BCUT2D eigenvalue weighted by molar-refractivity contribution is -0.117. The third-order valence-corrected chi connectivity index (χ3v) is 7.10. The zero-order valence-corrected chi connectivity index (χ0v) is 16.4. The maximum atomic E-state index is 12.2. The number of nitrogens with zero attached hydrogens (tertiary/aromatic N) is 3. The van der Waals surface area contributed by atoms with Gasteiger partial charge in [0.05, 0.1) is 0 Å². The van der Waals surface area contributed by atoms with E-state index in [0.717, 1.165) is 48.7 Å². The van der Waals surface area contributed by atoms with Crippen molar-refractivity contribution in [2.45, 2.75) is 42.9 Å². The number of aromatic nitrogens is 3. The van der Waals surface area contributed by atoms with Crippen LogP contribution in [0.15, 0.2) is 43.0 Å². The van der Waals surface area contributed by atoms with E-state index in [1.807, 2.05) is 37.9 Å². The number of rotatable bonds is 5. The van der Waals surface area contributed by atoms with Crippen molar-refractivity contribution in [1.82, 2.24) is 15.0 Å². The van der Waals surface area contributed by atoms with Crippen LogP contribution in [-0.4, -0.2) is 27.9 Å². The first-order valence-electron chi connectivity index (χ1n) is 10.3. The first-order valence-corrected chi connectivity index (χ1v) is 10.3. The summed E-state index contributed by atoms with van der Waals surface area (Å²) in [7, 11) is 1.88. The average molecular weight is 385 g/mol. The molecule has 4 fully saturated rings. The van der Waals surface area contributed by atoms with E-state index in [2.05, 4.69) is 37.7 Å². The molecule has 7 rings (SSSR count). The Bertz CT molecular complexity index is 1120. The van der Waals surface area contributed by atoms with Crippen molar-refractivity contribution in [2.75, 3.05) is 17.7 Å². The largest absolute Gasteiger partial charge is 0.373 e. The quantitative estimate of drug-likeness (QED) is 0.699. The van der Waals surface area contributed by atoms with Crippen molar-refractivity contribution >= 4 is 28.3 Å². The van der Waals surface area contributed by atoms with E-state index in [-0.39, 0.29) is 17.2 Å². The third kappa shape index (κ3) is 2.41. The van der Waals surface area contributed by atoms with Crippen LogP contribution in [0.5, 0.6) is 0 Å². The molecule has 0 atom stereocenters. The maximum Gasteiger partial charge on any atom is 0.228 e. The normalized spacial score (nSPS) is 27.1. The number of amides is 1. The summed E-state index contributed by atoms with van der Waals surface area (Å²) in [6, 6.07) is 6.34. The molecule has 0 aromatic carbocycles. The van der Waals surface area contributed by atoms with Crippen LogP contribution in [0.3, 0.4) is 0 Å². The fourth-order valence-corrected chi connectivity index (χ4v) is 5.48. The minimum absolute atomic E-state index is 0.0865. The van der Waals surface area contributed by atoms with Gasteiger partial charge in [-0.05, 0) is 77.6 Å². The molecule has 6 heteroatoms. The molecule has 6 nitrogen and oxygen atoms in total. The van der Waals surface area contributed by atoms with Gasteiger partial charge in [-0.1, -0.05) is 0 Å². The van der Waals surface area contributed by atoms with Gasteiger partial charge in [-0.25, -0.2) is 9.97 Å². The van der Waals surface area contributed by atoms with Crippen molar-refractivity contribution in [3.8, 4) is 0 Å². The minimum atomic E-state index is 0.0865. The van der Waals surface area contributed by atoms with Crippen molar-refractivity contribution < 1.29 is 4.79 Å². The molecule has 146 valence electrons. The number of hydrogen-bond acceptors (Lipinski definition) is 5. The second kappa shape index (κ2) is 5.75. The first kappa shape index (κ1) is 16.9. The van der Waals surface area contributed by atoms with Gasteiger partial charge in [0.2, 0.25) is 5.91 Å². The Kier molecular flexibility index (Phi) is 3.35. The number of nitrogens with one attached hydrogen (secondary N) is 2. The van der Waals surface area contributed by atoms with Crippen molar-refractivity contribution in [2.24, 2.45) is 5.92 Å². The summed E-state index contributed by atoms with van der Waals surface area (Å²) in [5.41, 5.74) is 3.16. The summed E-state index contributed by atoms with van der Waals surface area (Å²) in [5.74, 6) is 1.71. The molecule has 3 aromatic heterocycles. The molecule has 4 aliphatic carbocycles. The van der Waals surface area contributed by atoms with Gasteiger partial charge in [0.15, 0.2) is 0 Å². The number of fused-ring (bicyclic) bond motifs is 1. The van der Waals surface area contributed by atoms with Gasteiger partial charge in [-0.2, -0.15) is 0 Å². The highest BCUT2D eigenvalue weighted by Crippen LogP contribution is 2.74. The molecule has 0 radical (unpaired) electrons. The van der Waals surface area contributed by atoms with Gasteiger partial charge >= 0.3 is 0 Å². The lowest BCUT2D eigenvalue weighted by atomic mass is 9.32. The molecule has 2 N–H and O–H groups in total. The predicted molar refractivity (Wildman–Crippen MR) is 112 cm³/mol. The molecule has 4 aliphatic rings. The van der Waals surface area contributed by atoms with Gasteiger partial charge in [0.25, 0.3) is 0 Å². The van der Waals surface area contributed by atoms with Crippen molar-refractivity contribution in [3.63, 3.8) is 0 Å². The van der Waals surface area contributed by atoms with Gasteiger partial charge in [-0.15, -0.1) is 0 Å². The molecule has 0 saturated heterocycles. The van der Waals surface area contributed by atoms with Crippen LogP contribution in [0.1, 0.15) is 43.2 Å². The molecule has 3 heterocycles.